The molecule has 2 aromatic rings. The molecular formula is C20H21F2N3O3. The second-order valence-corrected chi connectivity index (χ2v) is 5.91. The highest BCUT2D eigenvalue weighted by molar-refractivity contribution is 6.45. The van der Waals surface area contributed by atoms with Gasteiger partial charge in [0.1, 0.15) is 25.4 Å². The fourth-order valence-corrected chi connectivity index (χ4v) is 2.55. The largest absolute Gasteiger partial charge is 0.398 e. The smallest absolute Gasteiger partial charge is 0.273 e. The van der Waals surface area contributed by atoms with Crippen molar-refractivity contribution in [1.29, 1.82) is 0 Å². The minimum absolute atomic E-state index is 0.0247. The van der Waals surface area contributed by atoms with Crippen LogP contribution in [-0.4, -0.2) is 31.5 Å². The van der Waals surface area contributed by atoms with Crippen molar-refractivity contribution in [1.82, 2.24) is 5.32 Å². The van der Waals surface area contributed by atoms with E-state index < -0.39 is 17.5 Å². The number of hydrogen-bond donors (Lipinski definition) is 1. The van der Waals surface area contributed by atoms with Crippen LogP contribution in [0.5, 0.6) is 0 Å². The van der Waals surface area contributed by atoms with Crippen LogP contribution in [0.1, 0.15) is 29.2 Å². The standard InChI is InChI=1S/C20H21F2N3O3/c1-12-6-5-7-17(19(25-27-4)20(26)23-3)18(12)11-28-24-13(2)14-8-15(21)10-16(22)9-14/h5-10H,11H2,1-4H3,(H,23,26)/b24-13+,25-19+. The summed E-state index contributed by atoms with van der Waals surface area (Å²) in [6, 6.07) is 8.48. The highest BCUT2D eigenvalue weighted by Crippen LogP contribution is 2.18. The zero-order chi connectivity index (χ0) is 20.7. The molecule has 2 rings (SSSR count). The lowest BCUT2D eigenvalue weighted by Gasteiger charge is -2.13. The van der Waals surface area contributed by atoms with Crippen molar-refractivity contribution in [3.8, 4) is 0 Å². The van der Waals surface area contributed by atoms with Crippen LogP contribution in [0.4, 0.5) is 8.78 Å². The number of nitrogens with zero attached hydrogens (tertiary/aromatic N) is 2. The van der Waals surface area contributed by atoms with Crippen molar-refractivity contribution >= 4 is 17.3 Å². The Kier molecular flexibility index (Phi) is 7.20. The van der Waals surface area contributed by atoms with Crippen LogP contribution in [0.3, 0.4) is 0 Å². The summed E-state index contributed by atoms with van der Waals surface area (Å²) in [5.74, 6) is -1.81. The SMILES string of the molecule is CNC(=O)/C(=N/OC)c1cccc(C)c1CO/N=C(\C)c1cc(F)cc(F)c1. The summed E-state index contributed by atoms with van der Waals surface area (Å²) < 4.78 is 26.7. The Bertz CT molecular complexity index is 907. The zero-order valence-corrected chi connectivity index (χ0v) is 16.0. The Morgan fingerprint density at radius 2 is 1.82 bits per heavy atom. The van der Waals surface area contributed by atoms with Gasteiger partial charge in [0, 0.05) is 29.8 Å². The average molecular weight is 389 g/mol. The molecular weight excluding hydrogens is 368 g/mol. The van der Waals surface area contributed by atoms with E-state index in [2.05, 4.69) is 15.6 Å². The van der Waals surface area contributed by atoms with Gasteiger partial charge < -0.3 is 15.0 Å². The number of halogens is 2. The number of carbonyl (C=O) groups is 1. The van der Waals surface area contributed by atoms with E-state index in [4.69, 9.17) is 9.68 Å². The topological polar surface area (TPSA) is 72.3 Å². The van der Waals surface area contributed by atoms with Gasteiger partial charge in [0.05, 0.1) is 5.71 Å². The second kappa shape index (κ2) is 9.59. The van der Waals surface area contributed by atoms with Gasteiger partial charge in [0.25, 0.3) is 5.91 Å². The van der Waals surface area contributed by atoms with Gasteiger partial charge in [-0.25, -0.2) is 8.78 Å². The number of hydrogen-bond acceptors (Lipinski definition) is 5. The number of benzene rings is 2. The van der Waals surface area contributed by atoms with Gasteiger partial charge >= 0.3 is 0 Å². The highest BCUT2D eigenvalue weighted by atomic mass is 19.1. The predicted octanol–water partition coefficient (Wildman–Crippen LogP) is 3.31. The molecule has 0 aliphatic heterocycles. The van der Waals surface area contributed by atoms with E-state index in [0.29, 0.717) is 16.8 Å². The molecule has 0 radical (unpaired) electrons. The Balaban J connectivity index is 2.29. The van der Waals surface area contributed by atoms with E-state index in [1.807, 2.05) is 13.0 Å². The molecule has 2 aromatic carbocycles. The van der Waals surface area contributed by atoms with Crippen molar-refractivity contribution < 1.29 is 23.3 Å². The van der Waals surface area contributed by atoms with E-state index in [1.54, 1.807) is 19.1 Å². The van der Waals surface area contributed by atoms with Crippen LogP contribution in [0.2, 0.25) is 0 Å². The van der Waals surface area contributed by atoms with Crippen LogP contribution in [0, 0.1) is 18.6 Å². The molecule has 148 valence electrons. The molecule has 0 aliphatic rings. The Morgan fingerprint density at radius 1 is 1.14 bits per heavy atom. The van der Waals surface area contributed by atoms with Crippen molar-refractivity contribution in [2.75, 3.05) is 14.2 Å². The molecule has 0 fully saturated rings. The summed E-state index contributed by atoms with van der Waals surface area (Å²) in [6.07, 6.45) is 0. The summed E-state index contributed by atoms with van der Waals surface area (Å²) in [5.41, 5.74) is 2.75. The molecule has 1 N–H and O–H groups in total. The molecule has 0 saturated carbocycles. The van der Waals surface area contributed by atoms with Gasteiger partial charge in [-0.2, -0.15) is 0 Å². The summed E-state index contributed by atoms with van der Waals surface area (Å²) >= 11 is 0. The first kappa shape index (κ1) is 21.0. The Labute approximate surface area is 161 Å². The first-order valence-electron chi connectivity index (χ1n) is 8.42. The fourth-order valence-electron chi connectivity index (χ4n) is 2.55. The third-order valence-corrected chi connectivity index (χ3v) is 3.98. The molecule has 8 heteroatoms. The van der Waals surface area contributed by atoms with Gasteiger partial charge in [0.15, 0.2) is 5.71 Å². The van der Waals surface area contributed by atoms with Crippen LogP contribution in [0.25, 0.3) is 0 Å². The molecule has 1 amide bonds. The monoisotopic (exact) mass is 389 g/mol. The highest BCUT2D eigenvalue weighted by Gasteiger charge is 2.19. The molecule has 0 unspecified atom stereocenters. The van der Waals surface area contributed by atoms with E-state index in [-0.39, 0.29) is 17.9 Å². The molecule has 28 heavy (non-hydrogen) atoms. The molecule has 0 aromatic heterocycles. The maximum atomic E-state index is 13.4. The maximum Gasteiger partial charge on any atom is 0.273 e. The normalized spacial score (nSPS) is 11.9. The zero-order valence-electron chi connectivity index (χ0n) is 16.0. The molecule has 0 bridgehead atoms. The van der Waals surface area contributed by atoms with Crippen LogP contribution >= 0.6 is 0 Å². The first-order chi connectivity index (χ1) is 13.4. The van der Waals surface area contributed by atoms with Gasteiger partial charge in [-0.1, -0.05) is 28.5 Å². The average Bonchev–Trinajstić information content (AvgIpc) is 2.66. The third-order valence-electron chi connectivity index (χ3n) is 3.98. The second-order valence-electron chi connectivity index (χ2n) is 5.91. The van der Waals surface area contributed by atoms with Crippen molar-refractivity contribution in [2.24, 2.45) is 10.3 Å². The molecule has 0 atom stereocenters. The summed E-state index contributed by atoms with van der Waals surface area (Å²) in [5, 5.41) is 10.3. The van der Waals surface area contributed by atoms with Gasteiger partial charge in [-0.05, 0) is 31.5 Å². The Hall–Kier alpha value is -3.29. The lowest BCUT2D eigenvalue weighted by atomic mass is 9.98. The lowest BCUT2D eigenvalue weighted by Crippen LogP contribution is -2.29. The molecule has 0 aliphatic carbocycles. The number of carbonyl (C=O) groups excluding carboxylic acids is 1. The molecule has 6 nitrogen and oxygen atoms in total. The van der Waals surface area contributed by atoms with E-state index in [9.17, 15) is 13.6 Å². The predicted molar refractivity (Wildman–Crippen MR) is 102 cm³/mol. The van der Waals surface area contributed by atoms with Crippen LogP contribution < -0.4 is 5.32 Å². The minimum atomic E-state index is -0.697. The third kappa shape index (κ3) is 5.12. The van der Waals surface area contributed by atoms with Crippen molar-refractivity contribution in [3.05, 3.63) is 70.3 Å². The maximum absolute atomic E-state index is 13.4. The summed E-state index contributed by atoms with van der Waals surface area (Å²) in [6.45, 7) is 3.46. The van der Waals surface area contributed by atoms with Crippen LogP contribution in [-0.2, 0) is 21.1 Å². The summed E-state index contributed by atoms with van der Waals surface area (Å²) in [4.78, 5) is 22.3. The van der Waals surface area contributed by atoms with Gasteiger partial charge in [0.2, 0.25) is 0 Å². The number of amides is 1. The lowest BCUT2D eigenvalue weighted by molar-refractivity contribution is -0.114. The fraction of sp³-hybridized carbons (Fsp3) is 0.250. The minimum Gasteiger partial charge on any atom is -0.398 e. The molecule has 0 saturated heterocycles. The summed E-state index contributed by atoms with van der Waals surface area (Å²) in [7, 11) is 2.84. The molecule has 0 spiro atoms. The molecule has 0 heterocycles. The first-order valence-corrected chi connectivity index (χ1v) is 8.42. The van der Waals surface area contributed by atoms with Crippen molar-refractivity contribution in [2.45, 2.75) is 20.5 Å². The number of likely N-dealkylation sites (N-methyl/N-ethyl adjacent to an activating group) is 1. The number of rotatable bonds is 7. The quantitative estimate of drug-likeness (QED) is 0.583. The number of aryl methyl sites for hydroxylation is 1. The van der Waals surface area contributed by atoms with E-state index >= 15 is 0 Å². The number of oxime groups is 2. The van der Waals surface area contributed by atoms with Crippen LogP contribution in [0.15, 0.2) is 46.7 Å². The van der Waals surface area contributed by atoms with E-state index in [1.165, 1.54) is 26.3 Å². The van der Waals surface area contributed by atoms with Gasteiger partial charge in [-0.3, -0.25) is 4.79 Å². The van der Waals surface area contributed by atoms with E-state index in [0.717, 1.165) is 11.6 Å². The number of nitrogens with one attached hydrogen (secondary N) is 1. The Morgan fingerprint density at radius 3 is 2.43 bits per heavy atom. The van der Waals surface area contributed by atoms with Crippen molar-refractivity contribution in [3.63, 3.8) is 0 Å². The van der Waals surface area contributed by atoms with Gasteiger partial charge in [-0.15, -0.1) is 0 Å².